The van der Waals surface area contributed by atoms with Crippen LogP contribution in [0.3, 0.4) is 0 Å². The molecule has 2 rings (SSSR count). The van der Waals surface area contributed by atoms with Gasteiger partial charge in [-0.3, -0.25) is 0 Å². The van der Waals surface area contributed by atoms with Crippen LogP contribution in [0.2, 0.25) is 0 Å². The van der Waals surface area contributed by atoms with Crippen molar-refractivity contribution in [1.29, 1.82) is 0 Å². The number of hydrogen-bond acceptors (Lipinski definition) is 2. The second-order valence-electron chi connectivity index (χ2n) is 4.60. The molecule has 0 bridgehead atoms. The van der Waals surface area contributed by atoms with Gasteiger partial charge in [0.2, 0.25) is 0 Å². The molecule has 0 aliphatic rings. The smallest absolute Gasteiger partial charge is 0.0524 e. The molecule has 0 saturated heterocycles. The number of aliphatic hydroxyl groups is 1. The molecule has 1 aromatic heterocycles. The largest absolute Gasteiger partial charge is 0.393 e. The van der Waals surface area contributed by atoms with E-state index in [9.17, 15) is 5.11 Å². The molecule has 3 heteroatoms. The number of aliphatic hydroxyl groups excluding tert-OH is 1. The highest BCUT2D eigenvalue weighted by molar-refractivity contribution is 5.83. The first kappa shape index (κ1) is 12.1. The minimum atomic E-state index is -0.227. The van der Waals surface area contributed by atoms with Crippen molar-refractivity contribution in [1.82, 2.24) is 9.88 Å². The zero-order valence-corrected chi connectivity index (χ0v) is 10.5. The van der Waals surface area contributed by atoms with Crippen LogP contribution in [-0.2, 0) is 13.6 Å². The third kappa shape index (κ3) is 2.87. The molecule has 92 valence electrons. The second-order valence-corrected chi connectivity index (χ2v) is 4.60. The van der Waals surface area contributed by atoms with Crippen LogP contribution in [-0.4, -0.2) is 22.3 Å². The fourth-order valence-corrected chi connectivity index (χ4v) is 2.10. The van der Waals surface area contributed by atoms with Crippen LogP contribution in [0.5, 0.6) is 0 Å². The van der Waals surface area contributed by atoms with Gasteiger partial charge in [-0.1, -0.05) is 18.2 Å². The number of hydrogen-bond donors (Lipinski definition) is 2. The second kappa shape index (κ2) is 5.34. The molecular weight excluding hydrogens is 212 g/mol. The number of rotatable bonds is 5. The highest BCUT2D eigenvalue weighted by atomic mass is 16.3. The van der Waals surface area contributed by atoms with Crippen molar-refractivity contribution in [3.05, 3.63) is 36.0 Å². The van der Waals surface area contributed by atoms with Crippen LogP contribution < -0.4 is 5.32 Å². The first-order valence-corrected chi connectivity index (χ1v) is 6.10. The lowest BCUT2D eigenvalue weighted by Gasteiger charge is -2.05. The molecule has 0 fully saturated rings. The van der Waals surface area contributed by atoms with Crippen molar-refractivity contribution in [3.8, 4) is 0 Å². The van der Waals surface area contributed by atoms with Gasteiger partial charge in [0.05, 0.1) is 6.10 Å². The highest BCUT2D eigenvalue weighted by Gasteiger charge is 2.05. The molecule has 0 saturated carbocycles. The molecule has 3 nitrogen and oxygen atoms in total. The lowest BCUT2D eigenvalue weighted by Crippen LogP contribution is -2.18. The molecule has 1 atom stereocenters. The summed E-state index contributed by atoms with van der Waals surface area (Å²) in [5.41, 5.74) is 2.58. The molecule has 2 N–H and O–H groups in total. The van der Waals surface area contributed by atoms with Gasteiger partial charge in [0.25, 0.3) is 0 Å². The van der Waals surface area contributed by atoms with Crippen LogP contribution in [0.1, 0.15) is 18.9 Å². The Kier molecular flexibility index (Phi) is 3.82. The van der Waals surface area contributed by atoms with Crippen LogP contribution >= 0.6 is 0 Å². The quantitative estimate of drug-likeness (QED) is 0.774. The van der Waals surface area contributed by atoms with E-state index in [2.05, 4.69) is 47.4 Å². The normalized spacial score (nSPS) is 13.1. The van der Waals surface area contributed by atoms with Crippen molar-refractivity contribution >= 4 is 10.9 Å². The van der Waals surface area contributed by atoms with Crippen molar-refractivity contribution in [2.75, 3.05) is 6.54 Å². The van der Waals surface area contributed by atoms with E-state index in [-0.39, 0.29) is 6.10 Å². The SMILES string of the molecule is CC(O)CCNCc1cn(C)c2ccccc12. The first-order valence-electron chi connectivity index (χ1n) is 6.10. The van der Waals surface area contributed by atoms with Gasteiger partial charge < -0.3 is 15.0 Å². The van der Waals surface area contributed by atoms with Gasteiger partial charge in [0, 0.05) is 30.7 Å². The monoisotopic (exact) mass is 232 g/mol. The number of fused-ring (bicyclic) bond motifs is 1. The Labute approximate surface area is 102 Å². The van der Waals surface area contributed by atoms with Crippen LogP contribution in [0.15, 0.2) is 30.5 Å². The number of nitrogens with zero attached hydrogens (tertiary/aromatic N) is 1. The van der Waals surface area contributed by atoms with Crippen molar-refractivity contribution in [3.63, 3.8) is 0 Å². The fraction of sp³-hybridized carbons (Fsp3) is 0.429. The topological polar surface area (TPSA) is 37.2 Å². The lowest BCUT2D eigenvalue weighted by atomic mass is 10.2. The van der Waals surface area contributed by atoms with Crippen LogP contribution in [0, 0.1) is 0 Å². The first-order chi connectivity index (χ1) is 8.18. The summed E-state index contributed by atoms with van der Waals surface area (Å²) in [6.07, 6.45) is 2.74. The molecule has 0 spiro atoms. The maximum absolute atomic E-state index is 9.18. The van der Waals surface area contributed by atoms with Gasteiger partial charge >= 0.3 is 0 Å². The summed E-state index contributed by atoms with van der Waals surface area (Å²) in [4.78, 5) is 0. The van der Waals surface area contributed by atoms with Crippen molar-refractivity contribution in [2.24, 2.45) is 7.05 Å². The van der Waals surface area contributed by atoms with E-state index < -0.39 is 0 Å². The predicted octanol–water partition coefficient (Wildman–Crippen LogP) is 2.04. The summed E-state index contributed by atoms with van der Waals surface area (Å²) < 4.78 is 2.15. The Balaban J connectivity index is 2.04. The van der Waals surface area contributed by atoms with Gasteiger partial charge in [-0.05, 0) is 31.5 Å². The molecule has 0 aliphatic heterocycles. The molecule has 1 aromatic carbocycles. The average molecular weight is 232 g/mol. The minimum Gasteiger partial charge on any atom is -0.393 e. The number of aryl methyl sites for hydroxylation is 1. The summed E-state index contributed by atoms with van der Waals surface area (Å²) in [7, 11) is 2.07. The van der Waals surface area contributed by atoms with E-state index in [1.807, 2.05) is 6.92 Å². The summed E-state index contributed by atoms with van der Waals surface area (Å²) in [6, 6.07) is 8.42. The minimum absolute atomic E-state index is 0.227. The van der Waals surface area contributed by atoms with Crippen molar-refractivity contribution in [2.45, 2.75) is 26.0 Å². The van der Waals surface area contributed by atoms with Gasteiger partial charge in [-0.25, -0.2) is 0 Å². The Morgan fingerprint density at radius 1 is 1.35 bits per heavy atom. The number of para-hydroxylation sites is 1. The number of nitrogens with one attached hydrogen (secondary N) is 1. The molecular formula is C14H20N2O. The van der Waals surface area contributed by atoms with E-state index in [4.69, 9.17) is 0 Å². The number of benzene rings is 1. The van der Waals surface area contributed by atoms with Gasteiger partial charge in [-0.2, -0.15) is 0 Å². The Hall–Kier alpha value is -1.32. The van der Waals surface area contributed by atoms with E-state index in [1.165, 1.54) is 16.5 Å². The van der Waals surface area contributed by atoms with Gasteiger partial charge in [0.15, 0.2) is 0 Å². The Morgan fingerprint density at radius 3 is 2.88 bits per heavy atom. The average Bonchev–Trinajstić information content (AvgIpc) is 2.63. The van der Waals surface area contributed by atoms with Crippen LogP contribution in [0.25, 0.3) is 10.9 Å². The summed E-state index contributed by atoms with van der Waals surface area (Å²) >= 11 is 0. The number of aromatic nitrogens is 1. The molecule has 17 heavy (non-hydrogen) atoms. The van der Waals surface area contributed by atoms with Crippen molar-refractivity contribution < 1.29 is 5.11 Å². The van der Waals surface area contributed by atoms with Gasteiger partial charge in [0.1, 0.15) is 0 Å². The maximum atomic E-state index is 9.18. The molecule has 1 unspecified atom stereocenters. The zero-order valence-electron chi connectivity index (χ0n) is 10.5. The van der Waals surface area contributed by atoms with E-state index in [1.54, 1.807) is 0 Å². The molecule has 1 heterocycles. The van der Waals surface area contributed by atoms with Gasteiger partial charge in [-0.15, -0.1) is 0 Å². The standard InChI is InChI=1S/C14H20N2O/c1-11(17)7-8-15-9-12-10-16(2)14-6-4-3-5-13(12)14/h3-6,10-11,15,17H,7-9H2,1-2H3. The van der Waals surface area contributed by atoms with E-state index >= 15 is 0 Å². The fourth-order valence-electron chi connectivity index (χ4n) is 2.10. The molecule has 0 radical (unpaired) electrons. The predicted molar refractivity (Wildman–Crippen MR) is 70.9 cm³/mol. The lowest BCUT2D eigenvalue weighted by molar-refractivity contribution is 0.183. The zero-order chi connectivity index (χ0) is 12.3. The molecule has 0 amide bonds. The third-order valence-electron chi connectivity index (χ3n) is 3.03. The molecule has 2 aromatic rings. The van der Waals surface area contributed by atoms with E-state index in [0.717, 1.165) is 19.5 Å². The van der Waals surface area contributed by atoms with Crippen LogP contribution in [0.4, 0.5) is 0 Å². The molecule has 0 aliphatic carbocycles. The summed E-state index contributed by atoms with van der Waals surface area (Å²) in [6.45, 7) is 3.52. The van der Waals surface area contributed by atoms with E-state index in [0.29, 0.717) is 0 Å². The summed E-state index contributed by atoms with van der Waals surface area (Å²) in [5, 5.41) is 13.9. The Morgan fingerprint density at radius 2 is 2.12 bits per heavy atom. The highest BCUT2D eigenvalue weighted by Crippen LogP contribution is 2.19. The summed E-state index contributed by atoms with van der Waals surface area (Å²) in [5.74, 6) is 0. The maximum Gasteiger partial charge on any atom is 0.0524 e. The third-order valence-corrected chi connectivity index (χ3v) is 3.03. The Bertz CT molecular complexity index is 488.